The smallest absolute Gasteiger partial charge is 0.255 e. The molecule has 1 heterocycles. The number of sulfonamides is 1. The first-order valence-electron chi connectivity index (χ1n) is 10.0. The third-order valence-electron chi connectivity index (χ3n) is 5.10. The van der Waals surface area contributed by atoms with Crippen molar-refractivity contribution in [3.63, 3.8) is 0 Å². The number of benzene rings is 2. The molecule has 0 bridgehead atoms. The fraction of sp³-hybridized carbons (Fsp3) is 0.409. The molecule has 1 aliphatic rings. The maximum Gasteiger partial charge on any atom is 0.255 e. The molecule has 6 heteroatoms. The molecule has 1 fully saturated rings. The molecular formula is C22H28N2O3S. The predicted molar refractivity (Wildman–Crippen MR) is 112 cm³/mol. The number of amides is 1. The monoisotopic (exact) mass is 400 g/mol. The molecule has 0 aromatic heterocycles. The molecule has 3 rings (SSSR count). The zero-order chi connectivity index (χ0) is 20.0. The summed E-state index contributed by atoms with van der Waals surface area (Å²) < 4.78 is 26.9. The molecule has 2 aromatic carbocycles. The fourth-order valence-electron chi connectivity index (χ4n) is 3.37. The number of anilines is 1. The molecule has 5 nitrogen and oxygen atoms in total. The minimum absolute atomic E-state index is 0.242. The number of carbonyl (C=O) groups excluding carboxylic acids is 1. The Morgan fingerprint density at radius 1 is 0.964 bits per heavy atom. The highest BCUT2D eigenvalue weighted by molar-refractivity contribution is 7.89. The maximum absolute atomic E-state index is 12.7. The lowest BCUT2D eigenvalue weighted by molar-refractivity contribution is 0.102. The lowest BCUT2D eigenvalue weighted by atomic mass is 10.1. The van der Waals surface area contributed by atoms with E-state index in [9.17, 15) is 13.2 Å². The molecule has 0 unspecified atom stereocenters. The molecular weight excluding hydrogens is 372 g/mol. The third kappa shape index (κ3) is 5.00. The van der Waals surface area contributed by atoms with Crippen LogP contribution in [0.3, 0.4) is 0 Å². The van der Waals surface area contributed by atoms with Crippen LogP contribution in [0.4, 0.5) is 5.69 Å². The Balaban J connectivity index is 1.65. The highest BCUT2D eigenvalue weighted by atomic mass is 32.2. The van der Waals surface area contributed by atoms with Gasteiger partial charge in [-0.3, -0.25) is 4.79 Å². The van der Waals surface area contributed by atoms with Gasteiger partial charge in [0.05, 0.1) is 4.90 Å². The van der Waals surface area contributed by atoms with E-state index in [-0.39, 0.29) is 10.8 Å². The molecule has 0 saturated carbocycles. The van der Waals surface area contributed by atoms with Gasteiger partial charge in [0.25, 0.3) is 5.91 Å². The van der Waals surface area contributed by atoms with Crippen molar-refractivity contribution >= 4 is 21.6 Å². The van der Waals surface area contributed by atoms with Crippen molar-refractivity contribution in [2.24, 2.45) is 0 Å². The molecule has 1 N–H and O–H groups in total. The van der Waals surface area contributed by atoms with E-state index in [1.54, 1.807) is 12.1 Å². The van der Waals surface area contributed by atoms with E-state index in [2.05, 4.69) is 12.2 Å². The van der Waals surface area contributed by atoms with Gasteiger partial charge in [-0.15, -0.1) is 0 Å². The Bertz CT molecular complexity index is 884. The van der Waals surface area contributed by atoms with Gasteiger partial charge >= 0.3 is 0 Å². The van der Waals surface area contributed by atoms with Crippen molar-refractivity contribution in [1.29, 1.82) is 0 Å². The van der Waals surface area contributed by atoms with Crippen LogP contribution in [-0.2, 0) is 16.4 Å². The number of hydrogen-bond donors (Lipinski definition) is 1. The number of hydrogen-bond acceptors (Lipinski definition) is 3. The average Bonchev–Trinajstić information content (AvgIpc) is 2.74. The van der Waals surface area contributed by atoms with Gasteiger partial charge in [0.2, 0.25) is 10.0 Å². The summed E-state index contributed by atoms with van der Waals surface area (Å²) in [4.78, 5) is 12.7. The second-order valence-electron chi connectivity index (χ2n) is 7.24. The number of rotatable bonds is 7. The molecule has 0 spiro atoms. The number of unbranched alkanes of at least 4 members (excludes halogenated alkanes) is 1. The Hall–Kier alpha value is -2.18. The third-order valence-corrected chi connectivity index (χ3v) is 7.01. The fourth-order valence-corrected chi connectivity index (χ4v) is 4.89. The van der Waals surface area contributed by atoms with Crippen molar-refractivity contribution < 1.29 is 13.2 Å². The SMILES string of the molecule is CCCCc1ccc(NC(=O)c2ccc(S(=O)(=O)N3CCCCC3)cc2)cc1. The van der Waals surface area contributed by atoms with Gasteiger partial charge in [-0.25, -0.2) is 8.42 Å². The van der Waals surface area contributed by atoms with Crippen molar-refractivity contribution in [3.8, 4) is 0 Å². The second-order valence-corrected chi connectivity index (χ2v) is 9.18. The first-order valence-corrected chi connectivity index (χ1v) is 11.5. The van der Waals surface area contributed by atoms with Crippen LogP contribution >= 0.6 is 0 Å². The summed E-state index contributed by atoms with van der Waals surface area (Å²) in [5.41, 5.74) is 2.43. The number of nitrogens with one attached hydrogen (secondary N) is 1. The standard InChI is InChI=1S/C22H28N2O3S/c1-2-3-7-18-8-12-20(13-9-18)23-22(25)19-10-14-21(15-11-19)28(26,27)24-16-5-4-6-17-24/h8-15H,2-7,16-17H2,1H3,(H,23,25). The van der Waals surface area contributed by atoms with E-state index in [1.807, 2.05) is 24.3 Å². The molecule has 1 aliphatic heterocycles. The van der Waals surface area contributed by atoms with Crippen LogP contribution in [0.1, 0.15) is 54.9 Å². The van der Waals surface area contributed by atoms with Crippen LogP contribution in [0.15, 0.2) is 53.4 Å². The lowest BCUT2D eigenvalue weighted by Crippen LogP contribution is -2.35. The van der Waals surface area contributed by atoms with Crippen LogP contribution in [-0.4, -0.2) is 31.7 Å². The minimum Gasteiger partial charge on any atom is -0.322 e. The van der Waals surface area contributed by atoms with E-state index in [1.165, 1.54) is 22.0 Å². The molecule has 28 heavy (non-hydrogen) atoms. The number of aryl methyl sites for hydroxylation is 1. The van der Waals surface area contributed by atoms with Crippen LogP contribution < -0.4 is 5.32 Å². The van der Waals surface area contributed by atoms with Crippen molar-refractivity contribution in [2.45, 2.75) is 50.3 Å². The van der Waals surface area contributed by atoms with E-state index in [0.29, 0.717) is 18.7 Å². The molecule has 1 amide bonds. The lowest BCUT2D eigenvalue weighted by Gasteiger charge is -2.25. The Kier molecular flexibility index (Phi) is 6.86. The highest BCUT2D eigenvalue weighted by Gasteiger charge is 2.25. The maximum atomic E-state index is 12.7. The number of piperidine rings is 1. The zero-order valence-electron chi connectivity index (χ0n) is 16.4. The van der Waals surface area contributed by atoms with Crippen molar-refractivity contribution in [2.75, 3.05) is 18.4 Å². The number of carbonyl (C=O) groups is 1. The average molecular weight is 401 g/mol. The molecule has 0 radical (unpaired) electrons. The molecule has 2 aromatic rings. The summed E-state index contributed by atoms with van der Waals surface area (Å²) in [5, 5.41) is 2.86. The van der Waals surface area contributed by atoms with Crippen LogP contribution in [0.25, 0.3) is 0 Å². The minimum atomic E-state index is -3.47. The molecule has 150 valence electrons. The van der Waals surface area contributed by atoms with Gasteiger partial charge in [-0.1, -0.05) is 31.9 Å². The number of nitrogens with zero attached hydrogens (tertiary/aromatic N) is 1. The quantitative estimate of drug-likeness (QED) is 0.746. The molecule has 0 atom stereocenters. The summed E-state index contributed by atoms with van der Waals surface area (Å²) in [6.07, 6.45) is 6.22. The molecule has 0 aliphatic carbocycles. The van der Waals surface area contributed by atoms with E-state index < -0.39 is 10.0 Å². The normalized spacial score (nSPS) is 15.3. The van der Waals surface area contributed by atoms with Crippen LogP contribution in [0, 0.1) is 0 Å². The Morgan fingerprint density at radius 3 is 2.21 bits per heavy atom. The summed E-state index contributed by atoms with van der Waals surface area (Å²) in [5.74, 6) is -0.247. The van der Waals surface area contributed by atoms with E-state index in [0.717, 1.165) is 44.2 Å². The largest absolute Gasteiger partial charge is 0.322 e. The zero-order valence-corrected chi connectivity index (χ0v) is 17.2. The second kappa shape index (κ2) is 9.34. The Morgan fingerprint density at radius 2 is 1.61 bits per heavy atom. The predicted octanol–water partition coefficient (Wildman–Crippen LogP) is 4.46. The highest BCUT2D eigenvalue weighted by Crippen LogP contribution is 2.21. The Labute approximate surface area is 167 Å². The summed E-state index contributed by atoms with van der Waals surface area (Å²) in [6, 6.07) is 14.0. The van der Waals surface area contributed by atoms with Gasteiger partial charge in [0.1, 0.15) is 0 Å². The summed E-state index contributed by atoms with van der Waals surface area (Å²) in [6.45, 7) is 3.30. The van der Waals surface area contributed by atoms with Crippen molar-refractivity contribution in [3.05, 3.63) is 59.7 Å². The van der Waals surface area contributed by atoms with E-state index in [4.69, 9.17) is 0 Å². The van der Waals surface area contributed by atoms with E-state index >= 15 is 0 Å². The van der Waals surface area contributed by atoms with Gasteiger partial charge in [-0.2, -0.15) is 4.31 Å². The summed E-state index contributed by atoms with van der Waals surface area (Å²) >= 11 is 0. The van der Waals surface area contributed by atoms with Gasteiger partial charge in [0.15, 0.2) is 0 Å². The van der Waals surface area contributed by atoms with Gasteiger partial charge in [-0.05, 0) is 67.6 Å². The van der Waals surface area contributed by atoms with Gasteiger partial charge < -0.3 is 5.32 Å². The van der Waals surface area contributed by atoms with Crippen LogP contribution in [0.2, 0.25) is 0 Å². The first kappa shape index (κ1) is 20.6. The van der Waals surface area contributed by atoms with Gasteiger partial charge in [0, 0.05) is 24.3 Å². The topological polar surface area (TPSA) is 66.5 Å². The molecule has 1 saturated heterocycles. The first-order chi connectivity index (χ1) is 13.5. The summed E-state index contributed by atoms with van der Waals surface area (Å²) in [7, 11) is -3.47. The van der Waals surface area contributed by atoms with Crippen LogP contribution in [0.5, 0.6) is 0 Å². The van der Waals surface area contributed by atoms with Crippen molar-refractivity contribution in [1.82, 2.24) is 4.31 Å².